The Labute approximate surface area is 180 Å². The first kappa shape index (κ1) is 20.5. The number of Topliss-reactive ketones (excluding diaryl/α,β-unsaturated/α-hetero) is 1. The summed E-state index contributed by atoms with van der Waals surface area (Å²) in [5.74, 6) is -0.144. The SMILES string of the molecule is CCOc1cccc(/C(O)=C2/C(=O)C(=O)N(c3cccc(C)c3)C2c2ccc(C)o2)c1. The third-order valence-corrected chi connectivity index (χ3v) is 5.17. The minimum Gasteiger partial charge on any atom is -0.507 e. The number of furan rings is 1. The molecule has 4 rings (SSSR count). The molecule has 6 heteroatoms. The van der Waals surface area contributed by atoms with E-state index in [0.29, 0.717) is 35.1 Å². The average Bonchev–Trinajstić information content (AvgIpc) is 3.29. The number of carbonyl (C=O) groups excluding carboxylic acids is 2. The summed E-state index contributed by atoms with van der Waals surface area (Å²) in [5, 5.41) is 11.1. The Morgan fingerprint density at radius 1 is 1.06 bits per heavy atom. The average molecular weight is 417 g/mol. The van der Waals surface area contributed by atoms with Crippen molar-refractivity contribution in [3.63, 3.8) is 0 Å². The molecule has 0 spiro atoms. The molecule has 3 aromatic rings. The number of ketones is 1. The maximum atomic E-state index is 13.1. The highest BCUT2D eigenvalue weighted by atomic mass is 16.5. The van der Waals surface area contributed by atoms with Gasteiger partial charge in [0.2, 0.25) is 0 Å². The Kier molecular flexibility index (Phi) is 5.38. The van der Waals surface area contributed by atoms with Crippen molar-refractivity contribution in [1.29, 1.82) is 0 Å². The van der Waals surface area contributed by atoms with Gasteiger partial charge in [-0.05, 0) is 62.7 Å². The Morgan fingerprint density at radius 3 is 2.52 bits per heavy atom. The number of aliphatic hydroxyl groups is 1. The predicted octanol–water partition coefficient (Wildman–Crippen LogP) is 4.92. The van der Waals surface area contributed by atoms with Crippen molar-refractivity contribution in [2.24, 2.45) is 0 Å². The number of carbonyl (C=O) groups is 2. The van der Waals surface area contributed by atoms with E-state index in [9.17, 15) is 14.7 Å². The molecule has 1 unspecified atom stereocenters. The van der Waals surface area contributed by atoms with Crippen LogP contribution in [0.4, 0.5) is 5.69 Å². The number of rotatable bonds is 5. The summed E-state index contributed by atoms with van der Waals surface area (Å²) >= 11 is 0. The third-order valence-electron chi connectivity index (χ3n) is 5.17. The number of hydrogen-bond acceptors (Lipinski definition) is 5. The van der Waals surface area contributed by atoms with Crippen LogP contribution in [0.1, 0.15) is 35.6 Å². The van der Waals surface area contributed by atoms with E-state index < -0.39 is 17.7 Å². The molecule has 1 amide bonds. The van der Waals surface area contributed by atoms with E-state index in [-0.39, 0.29) is 11.3 Å². The minimum absolute atomic E-state index is 0.0190. The van der Waals surface area contributed by atoms with Gasteiger partial charge in [-0.15, -0.1) is 0 Å². The normalized spacial score (nSPS) is 17.9. The standard InChI is InChI=1S/C25H23NO5/c1-4-30-19-10-6-8-17(14-19)23(27)21-22(20-12-11-16(3)31-20)26(25(29)24(21)28)18-9-5-7-15(2)13-18/h5-14,22,27H,4H2,1-3H3/b23-21-. The second-order valence-electron chi connectivity index (χ2n) is 7.42. The molecule has 0 saturated carbocycles. The molecule has 31 heavy (non-hydrogen) atoms. The molecule has 1 saturated heterocycles. The molecule has 0 aliphatic carbocycles. The van der Waals surface area contributed by atoms with E-state index in [2.05, 4.69) is 0 Å². The van der Waals surface area contributed by atoms with Crippen LogP contribution in [0, 0.1) is 13.8 Å². The molecular weight excluding hydrogens is 394 g/mol. The molecule has 2 heterocycles. The van der Waals surface area contributed by atoms with E-state index in [1.165, 1.54) is 4.90 Å². The van der Waals surface area contributed by atoms with Crippen molar-refractivity contribution in [3.05, 3.63) is 88.9 Å². The van der Waals surface area contributed by atoms with Gasteiger partial charge in [0.1, 0.15) is 29.1 Å². The lowest BCUT2D eigenvalue weighted by Crippen LogP contribution is -2.29. The molecule has 1 N–H and O–H groups in total. The lowest BCUT2D eigenvalue weighted by Gasteiger charge is -2.23. The molecule has 0 bridgehead atoms. The van der Waals surface area contributed by atoms with Crippen LogP contribution < -0.4 is 9.64 Å². The van der Waals surface area contributed by atoms with Crippen LogP contribution >= 0.6 is 0 Å². The smallest absolute Gasteiger partial charge is 0.300 e. The van der Waals surface area contributed by atoms with Crippen LogP contribution in [-0.4, -0.2) is 23.4 Å². The number of aliphatic hydroxyl groups excluding tert-OH is 1. The number of ether oxygens (including phenoxy) is 1. The van der Waals surface area contributed by atoms with Crippen LogP contribution in [0.25, 0.3) is 5.76 Å². The molecule has 1 aromatic heterocycles. The number of benzene rings is 2. The molecule has 0 radical (unpaired) electrons. The number of nitrogens with zero attached hydrogens (tertiary/aromatic N) is 1. The summed E-state index contributed by atoms with van der Waals surface area (Å²) in [7, 11) is 0. The lowest BCUT2D eigenvalue weighted by atomic mass is 9.99. The van der Waals surface area contributed by atoms with Crippen molar-refractivity contribution < 1.29 is 23.8 Å². The van der Waals surface area contributed by atoms with Crippen molar-refractivity contribution in [2.75, 3.05) is 11.5 Å². The summed E-state index contributed by atoms with van der Waals surface area (Å²) in [6.07, 6.45) is 0. The molecule has 1 aliphatic heterocycles. The van der Waals surface area contributed by atoms with Gasteiger partial charge in [0.05, 0.1) is 12.2 Å². The van der Waals surface area contributed by atoms with Gasteiger partial charge in [-0.2, -0.15) is 0 Å². The van der Waals surface area contributed by atoms with Crippen molar-refractivity contribution in [2.45, 2.75) is 26.8 Å². The first-order valence-corrected chi connectivity index (χ1v) is 10.1. The van der Waals surface area contributed by atoms with Gasteiger partial charge in [-0.3, -0.25) is 14.5 Å². The van der Waals surface area contributed by atoms with Crippen LogP contribution in [0.2, 0.25) is 0 Å². The second kappa shape index (κ2) is 8.14. The largest absolute Gasteiger partial charge is 0.507 e. The Hall–Kier alpha value is -3.80. The summed E-state index contributed by atoms with van der Waals surface area (Å²) < 4.78 is 11.3. The molecule has 1 fully saturated rings. The lowest BCUT2D eigenvalue weighted by molar-refractivity contribution is -0.132. The van der Waals surface area contributed by atoms with E-state index in [1.807, 2.05) is 32.0 Å². The molecule has 6 nitrogen and oxygen atoms in total. The van der Waals surface area contributed by atoms with E-state index in [4.69, 9.17) is 9.15 Å². The van der Waals surface area contributed by atoms with Gasteiger partial charge in [0, 0.05) is 11.3 Å². The number of amides is 1. The summed E-state index contributed by atoms with van der Waals surface area (Å²) in [6, 6.07) is 16.7. The third kappa shape index (κ3) is 3.72. The first-order valence-electron chi connectivity index (χ1n) is 10.1. The number of hydrogen-bond donors (Lipinski definition) is 1. The summed E-state index contributed by atoms with van der Waals surface area (Å²) in [5.41, 5.74) is 1.87. The van der Waals surface area contributed by atoms with E-state index in [0.717, 1.165) is 5.56 Å². The van der Waals surface area contributed by atoms with Crippen molar-refractivity contribution >= 4 is 23.1 Å². The highest BCUT2D eigenvalue weighted by Gasteiger charge is 2.48. The van der Waals surface area contributed by atoms with Crippen molar-refractivity contribution in [3.8, 4) is 5.75 Å². The fraction of sp³-hybridized carbons (Fsp3) is 0.200. The highest BCUT2D eigenvalue weighted by Crippen LogP contribution is 2.43. The quantitative estimate of drug-likeness (QED) is 0.362. The zero-order valence-electron chi connectivity index (χ0n) is 17.6. The molecule has 2 aromatic carbocycles. The topological polar surface area (TPSA) is 80.0 Å². The molecule has 158 valence electrons. The molecule has 1 aliphatic rings. The van der Waals surface area contributed by atoms with Crippen LogP contribution in [-0.2, 0) is 9.59 Å². The zero-order chi connectivity index (χ0) is 22.1. The van der Waals surface area contributed by atoms with Gasteiger partial charge in [0.25, 0.3) is 11.7 Å². The van der Waals surface area contributed by atoms with Gasteiger partial charge >= 0.3 is 0 Å². The Morgan fingerprint density at radius 2 is 1.84 bits per heavy atom. The monoisotopic (exact) mass is 417 g/mol. The van der Waals surface area contributed by atoms with Gasteiger partial charge in [-0.1, -0.05) is 24.3 Å². The maximum Gasteiger partial charge on any atom is 0.300 e. The van der Waals surface area contributed by atoms with Gasteiger partial charge in [-0.25, -0.2) is 0 Å². The number of aryl methyl sites for hydroxylation is 2. The highest BCUT2D eigenvalue weighted by molar-refractivity contribution is 6.51. The fourth-order valence-corrected chi connectivity index (χ4v) is 3.80. The van der Waals surface area contributed by atoms with Crippen LogP contribution in [0.5, 0.6) is 5.75 Å². The Bertz CT molecular complexity index is 1190. The summed E-state index contributed by atoms with van der Waals surface area (Å²) in [6.45, 7) is 6.02. The molecular formula is C25H23NO5. The van der Waals surface area contributed by atoms with Gasteiger partial charge < -0.3 is 14.3 Å². The zero-order valence-corrected chi connectivity index (χ0v) is 17.6. The molecule has 1 atom stereocenters. The predicted molar refractivity (Wildman–Crippen MR) is 117 cm³/mol. The minimum atomic E-state index is -0.883. The maximum absolute atomic E-state index is 13.1. The van der Waals surface area contributed by atoms with Crippen LogP contribution in [0.15, 0.2) is 70.7 Å². The second-order valence-corrected chi connectivity index (χ2v) is 7.42. The van der Waals surface area contributed by atoms with Gasteiger partial charge in [0.15, 0.2) is 0 Å². The van der Waals surface area contributed by atoms with E-state index in [1.54, 1.807) is 49.4 Å². The summed E-state index contributed by atoms with van der Waals surface area (Å²) in [4.78, 5) is 27.6. The van der Waals surface area contributed by atoms with Crippen molar-refractivity contribution in [1.82, 2.24) is 0 Å². The first-order chi connectivity index (χ1) is 14.9. The van der Waals surface area contributed by atoms with Crippen LogP contribution in [0.3, 0.4) is 0 Å². The number of anilines is 1. The van der Waals surface area contributed by atoms with E-state index >= 15 is 0 Å². The fourth-order valence-electron chi connectivity index (χ4n) is 3.80. The Balaban J connectivity index is 1.91.